The van der Waals surface area contributed by atoms with E-state index < -0.39 is 5.60 Å². The molecule has 4 heteroatoms. The summed E-state index contributed by atoms with van der Waals surface area (Å²) in [5.74, 6) is 0.398. The van der Waals surface area contributed by atoms with Gasteiger partial charge in [-0.3, -0.25) is 4.79 Å². The maximum atomic E-state index is 12.7. The van der Waals surface area contributed by atoms with Crippen molar-refractivity contribution in [3.8, 4) is 0 Å². The van der Waals surface area contributed by atoms with Crippen molar-refractivity contribution in [1.29, 1.82) is 0 Å². The molecule has 0 radical (unpaired) electrons. The number of likely N-dealkylation sites (tertiary alicyclic amines) is 1. The number of hydrogen-bond acceptors (Lipinski definition) is 3. The van der Waals surface area contributed by atoms with Crippen molar-refractivity contribution in [2.45, 2.75) is 70.1 Å². The Morgan fingerprint density at radius 2 is 2.04 bits per heavy atom. The van der Waals surface area contributed by atoms with Crippen molar-refractivity contribution in [3.05, 3.63) is 35.9 Å². The van der Waals surface area contributed by atoms with Gasteiger partial charge in [0.15, 0.2) is 0 Å². The van der Waals surface area contributed by atoms with Crippen molar-refractivity contribution >= 4 is 5.91 Å². The van der Waals surface area contributed by atoms with E-state index in [-0.39, 0.29) is 17.9 Å². The molecule has 3 unspecified atom stereocenters. The Hall–Kier alpha value is -1.39. The third-order valence-corrected chi connectivity index (χ3v) is 5.90. The molecule has 0 aromatic heterocycles. The second-order valence-electron chi connectivity index (χ2n) is 7.79. The predicted octanol–water partition coefficient (Wildman–Crippen LogP) is 3.53. The van der Waals surface area contributed by atoms with E-state index in [1.807, 2.05) is 42.2 Å². The van der Waals surface area contributed by atoms with Crippen molar-refractivity contribution in [1.82, 2.24) is 4.90 Å². The van der Waals surface area contributed by atoms with E-state index in [1.54, 1.807) is 0 Å². The number of carbonyl (C=O) groups excluding carboxylic acids is 1. The van der Waals surface area contributed by atoms with Gasteiger partial charge >= 0.3 is 0 Å². The Morgan fingerprint density at radius 3 is 2.80 bits per heavy atom. The van der Waals surface area contributed by atoms with Gasteiger partial charge in [-0.25, -0.2) is 0 Å². The van der Waals surface area contributed by atoms with Crippen LogP contribution in [0.1, 0.15) is 57.4 Å². The second kappa shape index (κ2) is 8.33. The minimum atomic E-state index is -0.629. The van der Waals surface area contributed by atoms with E-state index in [4.69, 9.17) is 4.74 Å². The Balaban J connectivity index is 1.49. The molecule has 1 heterocycles. The van der Waals surface area contributed by atoms with Crippen LogP contribution in [0, 0.1) is 5.92 Å². The summed E-state index contributed by atoms with van der Waals surface area (Å²) < 4.78 is 5.67. The van der Waals surface area contributed by atoms with Crippen molar-refractivity contribution in [2.75, 3.05) is 13.2 Å². The van der Waals surface area contributed by atoms with E-state index in [9.17, 15) is 9.90 Å². The molecule has 138 valence electrons. The van der Waals surface area contributed by atoms with Gasteiger partial charge in [0.05, 0.1) is 25.2 Å². The number of benzene rings is 1. The van der Waals surface area contributed by atoms with Crippen LogP contribution in [0.2, 0.25) is 0 Å². The standard InChI is InChI=1S/C21H31NO3/c1-21(24)13-6-5-10-18(21)19-11-7-14-22(19)20(23)12-15-25-16-17-8-3-2-4-9-17/h2-4,8-9,18-19,24H,5-7,10-16H2,1H3. The van der Waals surface area contributed by atoms with Crippen LogP contribution in [0.25, 0.3) is 0 Å². The van der Waals surface area contributed by atoms with Crippen LogP contribution in [-0.4, -0.2) is 40.7 Å². The topological polar surface area (TPSA) is 49.8 Å². The van der Waals surface area contributed by atoms with E-state index >= 15 is 0 Å². The lowest BCUT2D eigenvalue weighted by Gasteiger charge is -2.43. The van der Waals surface area contributed by atoms with Crippen molar-refractivity contribution in [3.63, 3.8) is 0 Å². The molecule has 1 aliphatic carbocycles. The Kier molecular flexibility index (Phi) is 6.13. The molecule has 4 nitrogen and oxygen atoms in total. The maximum Gasteiger partial charge on any atom is 0.225 e. The quantitative estimate of drug-likeness (QED) is 0.803. The monoisotopic (exact) mass is 345 g/mol. The molecule has 3 atom stereocenters. The van der Waals surface area contributed by atoms with E-state index in [1.165, 1.54) is 6.42 Å². The average Bonchev–Trinajstić information content (AvgIpc) is 3.08. The van der Waals surface area contributed by atoms with Crippen molar-refractivity contribution in [2.24, 2.45) is 5.92 Å². The molecular weight excluding hydrogens is 314 g/mol. The lowest BCUT2D eigenvalue weighted by molar-refractivity contribution is -0.137. The van der Waals surface area contributed by atoms with Gasteiger partial charge in [0.1, 0.15) is 0 Å². The van der Waals surface area contributed by atoms with Crippen LogP contribution < -0.4 is 0 Å². The highest BCUT2D eigenvalue weighted by molar-refractivity contribution is 5.77. The summed E-state index contributed by atoms with van der Waals surface area (Å²) in [6, 6.07) is 10.2. The molecule has 1 amide bonds. The largest absolute Gasteiger partial charge is 0.390 e. The average molecular weight is 345 g/mol. The minimum absolute atomic E-state index is 0.178. The normalized spacial score (nSPS) is 29.8. The summed E-state index contributed by atoms with van der Waals surface area (Å²) in [5.41, 5.74) is 0.502. The molecule has 25 heavy (non-hydrogen) atoms. The summed E-state index contributed by atoms with van der Waals surface area (Å²) >= 11 is 0. The second-order valence-corrected chi connectivity index (χ2v) is 7.79. The number of ether oxygens (including phenoxy) is 1. The highest BCUT2D eigenvalue weighted by Crippen LogP contribution is 2.40. The summed E-state index contributed by atoms with van der Waals surface area (Å²) in [5, 5.41) is 10.8. The fourth-order valence-electron chi connectivity index (χ4n) is 4.54. The molecule has 3 rings (SSSR count). The lowest BCUT2D eigenvalue weighted by Crippen LogP contribution is -2.50. The molecule has 0 spiro atoms. The molecular formula is C21H31NO3. The molecule has 1 aromatic rings. The maximum absolute atomic E-state index is 12.7. The zero-order chi connectivity index (χ0) is 17.7. The number of aliphatic hydroxyl groups is 1. The first kappa shape index (κ1) is 18.4. The van der Waals surface area contributed by atoms with E-state index in [0.29, 0.717) is 19.6 Å². The molecule has 2 aliphatic rings. The molecule has 1 aromatic carbocycles. The fourth-order valence-corrected chi connectivity index (χ4v) is 4.54. The Bertz CT molecular complexity index is 558. The van der Waals surface area contributed by atoms with Gasteiger partial charge in [0, 0.05) is 18.5 Å². The van der Waals surface area contributed by atoms with Gasteiger partial charge < -0.3 is 14.7 Å². The zero-order valence-electron chi connectivity index (χ0n) is 15.3. The number of nitrogens with zero attached hydrogens (tertiary/aromatic N) is 1. The smallest absolute Gasteiger partial charge is 0.225 e. The summed E-state index contributed by atoms with van der Waals surface area (Å²) in [4.78, 5) is 14.7. The number of rotatable bonds is 6. The van der Waals surface area contributed by atoms with Crippen LogP contribution in [0.5, 0.6) is 0 Å². The fraction of sp³-hybridized carbons (Fsp3) is 0.667. The van der Waals surface area contributed by atoms with Gasteiger partial charge in [-0.1, -0.05) is 43.2 Å². The SMILES string of the molecule is CC1(O)CCCCC1C1CCCN1C(=O)CCOCc1ccccc1. The van der Waals surface area contributed by atoms with Crippen LogP contribution in [0.4, 0.5) is 0 Å². The van der Waals surface area contributed by atoms with Gasteiger partial charge in [-0.2, -0.15) is 0 Å². The number of carbonyl (C=O) groups is 1. The Morgan fingerprint density at radius 1 is 1.24 bits per heavy atom. The summed E-state index contributed by atoms with van der Waals surface area (Å²) in [7, 11) is 0. The lowest BCUT2D eigenvalue weighted by atomic mass is 9.72. The van der Waals surface area contributed by atoms with E-state index in [0.717, 1.165) is 44.2 Å². The van der Waals surface area contributed by atoms with Crippen molar-refractivity contribution < 1.29 is 14.6 Å². The van der Waals surface area contributed by atoms with Gasteiger partial charge in [0.25, 0.3) is 0 Å². The van der Waals surface area contributed by atoms with Crippen LogP contribution in [0.15, 0.2) is 30.3 Å². The number of hydrogen-bond donors (Lipinski definition) is 1. The molecule has 1 aliphatic heterocycles. The predicted molar refractivity (Wildman–Crippen MR) is 98.0 cm³/mol. The van der Waals surface area contributed by atoms with Crippen LogP contribution in [-0.2, 0) is 16.1 Å². The minimum Gasteiger partial charge on any atom is -0.390 e. The molecule has 1 saturated carbocycles. The highest BCUT2D eigenvalue weighted by Gasteiger charge is 2.44. The highest BCUT2D eigenvalue weighted by atomic mass is 16.5. The molecule has 2 fully saturated rings. The zero-order valence-corrected chi connectivity index (χ0v) is 15.3. The first-order chi connectivity index (χ1) is 12.1. The first-order valence-electron chi connectivity index (χ1n) is 9.71. The Labute approximate surface area is 151 Å². The summed E-state index contributed by atoms with van der Waals surface area (Å²) in [6.45, 7) is 3.79. The first-order valence-corrected chi connectivity index (χ1v) is 9.71. The van der Waals surface area contributed by atoms with Crippen LogP contribution >= 0.6 is 0 Å². The third kappa shape index (κ3) is 4.62. The number of amides is 1. The summed E-state index contributed by atoms with van der Waals surface area (Å²) in [6.07, 6.45) is 6.66. The molecule has 0 bridgehead atoms. The van der Waals surface area contributed by atoms with E-state index in [2.05, 4.69) is 0 Å². The molecule has 1 N–H and O–H groups in total. The molecule has 1 saturated heterocycles. The van der Waals surface area contributed by atoms with Crippen LogP contribution in [0.3, 0.4) is 0 Å². The van der Waals surface area contributed by atoms with Gasteiger partial charge in [-0.05, 0) is 38.2 Å². The third-order valence-electron chi connectivity index (χ3n) is 5.90. The van der Waals surface area contributed by atoms with Gasteiger partial charge in [0.2, 0.25) is 5.91 Å². The van der Waals surface area contributed by atoms with Gasteiger partial charge in [-0.15, -0.1) is 0 Å².